The second-order valence-electron chi connectivity index (χ2n) is 3.16. The van der Waals surface area contributed by atoms with E-state index in [0.29, 0.717) is 17.8 Å². The number of imide groups is 1. The number of ether oxygens (including phenoxy) is 1. The predicted molar refractivity (Wildman–Crippen MR) is 60.4 cm³/mol. The summed E-state index contributed by atoms with van der Waals surface area (Å²) >= 11 is 0. The molecule has 6 nitrogen and oxygen atoms in total. The molecule has 6 heteroatoms. The number of hydrogen-bond acceptors (Lipinski definition) is 5. The van der Waals surface area contributed by atoms with Gasteiger partial charge in [0.1, 0.15) is 5.75 Å². The summed E-state index contributed by atoms with van der Waals surface area (Å²) in [6, 6.07) is 6.59. The van der Waals surface area contributed by atoms with Gasteiger partial charge in [0.2, 0.25) is 12.3 Å². The number of carbonyl (C=O) groups excluding carboxylic acids is 3. The molecule has 0 radical (unpaired) electrons. The predicted octanol–water partition coefficient (Wildman–Crippen LogP) is 0.296. The van der Waals surface area contributed by atoms with Crippen LogP contribution < -0.4 is 15.4 Å². The van der Waals surface area contributed by atoms with Gasteiger partial charge in [-0.2, -0.15) is 0 Å². The van der Waals surface area contributed by atoms with E-state index in [2.05, 4.69) is 5.32 Å². The first kappa shape index (κ1) is 12.7. The molecule has 1 rings (SSSR count). The SMILES string of the molecule is CC(=O)Oc1cccc(NCC(=O)NC=O)c1. The van der Waals surface area contributed by atoms with Crippen LogP contribution in [0.4, 0.5) is 5.69 Å². The van der Waals surface area contributed by atoms with E-state index in [4.69, 9.17) is 4.74 Å². The molecule has 2 amide bonds. The number of esters is 1. The summed E-state index contributed by atoms with van der Waals surface area (Å²) in [6.07, 6.45) is 0.319. The highest BCUT2D eigenvalue weighted by Gasteiger charge is 2.02. The molecule has 0 aliphatic heterocycles. The average Bonchev–Trinajstić information content (AvgIpc) is 2.26. The molecule has 0 aliphatic rings. The van der Waals surface area contributed by atoms with Crippen LogP contribution >= 0.6 is 0 Å². The highest BCUT2D eigenvalue weighted by Crippen LogP contribution is 2.17. The summed E-state index contributed by atoms with van der Waals surface area (Å²) in [6.45, 7) is 1.26. The highest BCUT2D eigenvalue weighted by molar-refractivity contribution is 5.88. The Labute approximate surface area is 98.0 Å². The van der Waals surface area contributed by atoms with Gasteiger partial charge < -0.3 is 10.1 Å². The molecule has 0 bridgehead atoms. The van der Waals surface area contributed by atoms with Crippen molar-refractivity contribution in [1.29, 1.82) is 0 Å². The van der Waals surface area contributed by atoms with Crippen LogP contribution in [0.15, 0.2) is 24.3 Å². The molecule has 2 N–H and O–H groups in total. The molecule has 0 heterocycles. The fourth-order valence-electron chi connectivity index (χ4n) is 1.13. The van der Waals surface area contributed by atoms with Crippen LogP contribution in [0, 0.1) is 0 Å². The molecule has 0 atom stereocenters. The van der Waals surface area contributed by atoms with Crippen molar-refractivity contribution >= 4 is 24.0 Å². The lowest BCUT2D eigenvalue weighted by Crippen LogP contribution is -2.28. The lowest BCUT2D eigenvalue weighted by molar-refractivity contribution is -0.132. The van der Waals surface area contributed by atoms with Crippen LogP contribution in [0.25, 0.3) is 0 Å². The number of amides is 2. The van der Waals surface area contributed by atoms with Gasteiger partial charge in [-0.3, -0.25) is 19.7 Å². The molecule has 0 saturated carbocycles. The Kier molecular flexibility index (Phi) is 4.68. The maximum absolute atomic E-state index is 11.0. The van der Waals surface area contributed by atoms with Gasteiger partial charge in [-0.15, -0.1) is 0 Å². The van der Waals surface area contributed by atoms with Crippen LogP contribution in [-0.4, -0.2) is 24.8 Å². The quantitative estimate of drug-likeness (QED) is 0.436. The minimum atomic E-state index is -0.446. The van der Waals surface area contributed by atoms with Crippen LogP contribution in [0.2, 0.25) is 0 Å². The van der Waals surface area contributed by atoms with Gasteiger partial charge in [0, 0.05) is 18.7 Å². The van der Waals surface area contributed by atoms with E-state index in [1.165, 1.54) is 6.92 Å². The second-order valence-corrected chi connectivity index (χ2v) is 3.16. The van der Waals surface area contributed by atoms with Gasteiger partial charge in [0.25, 0.3) is 0 Å². The third-order valence-corrected chi connectivity index (χ3v) is 1.77. The van der Waals surface area contributed by atoms with Crippen molar-refractivity contribution in [3.05, 3.63) is 24.3 Å². The molecule has 0 saturated heterocycles. The topological polar surface area (TPSA) is 84.5 Å². The van der Waals surface area contributed by atoms with Crippen molar-refractivity contribution in [3.8, 4) is 5.75 Å². The van der Waals surface area contributed by atoms with Crippen LogP contribution in [0.5, 0.6) is 5.75 Å². The Hall–Kier alpha value is -2.37. The minimum Gasteiger partial charge on any atom is -0.427 e. The van der Waals surface area contributed by atoms with Gasteiger partial charge in [-0.25, -0.2) is 0 Å². The minimum absolute atomic E-state index is 0.0394. The largest absolute Gasteiger partial charge is 0.427 e. The van der Waals surface area contributed by atoms with E-state index in [9.17, 15) is 14.4 Å². The molecular weight excluding hydrogens is 224 g/mol. The van der Waals surface area contributed by atoms with Crippen molar-refractivity contribution in [3.63, 3.8) is 0 Å². The van der Waals surface area contributed by atoms with E-state index in [1.54, 1.807) is 24.3 Å². The maximum atomic E-state index is 11.0. The lowest BCUT2D eigenvalue weighted by atomic mass is 10.3. The standard InChI is InChI=1S/C11H12N2O4/c1-8(15)17-10-4-2-3-9(5-10)12-6-11(16)13-7-14/h2-5,7,12H,6H2,1H3,(H,13,14,16). The summed E-state index contributed by atoms with van der Waals surface area (Å²) in [7, 11) is 0. The molecule has 1 aromatic rings. The van der Waals surface area contributed by atoms with Crippen molar-refractivity contribution in [2.45, 2.75) is 6.92 Å². The lowest BCUT2D eigenvalue weighted by Gasteiger charge is -2.06. The zero-order valence-corrected chi connectivity index (χ0v) is 9.23. The van der Waals surface area contributed by atoms with Crippen molar-refractivity contribution in [1.82, 2.24) is 5.32 Å². The zero-order chi connectivity index (χ0) is 12.7. The number of anilines is 1. The fourth-order valence-corrected chi connectivity index (χ4v) is 1.13. The van der Waals surface area contributed by atoms with Crippen LogP contribution in [-0.2, 0) is 14.4 Å². The van der Waals surface area contributed by atoms with Crippen LogP contribution in [0.1, 0.15) is 6.92 Å². The molecule has 0 aliphatic carbocycles. The summed E-state index contributed by atoms with van der Waals surface area (Å²) in [5.41, 5.74) is 0.616. The Bertz CT molecular complexity index is 431. The first-order valence-corrected chi connectivity index (χ1v) is 4.87. The smallest absolute Gasteiger partial charge is 0.308 e. The summed E-state index contributed by atoms with van der Waals surface area (Å²) in [5, 5.41) is 4.78. The Balaban J connectivity index is 2.56. The molecule has 0 aromatic heterocycles. The molecule has 0 spiro atoms. The number of nitrogens with one attached hydrogen (secondary N) is 2. The Morgan fingerprint density at radius 3 is 2.82 bits per heavy atom. The number of benzene rings is 1. The third-order valence-electron chi connectivity index (χ3n) is 1.77. The summed E-state index contributed by atoms with van der Waals surface area (Å²) in [4.78, 5) is 31.7. The van der Waals surface area contributed by atoms with Crippen molar-refractivity contribution in [2.75, 3.05) is 11.9 Å². The van der Waals surface area contributed by atoms with E-state index in [-0.39, 0.29) is 6.54 Å². The number of rotatable bonds is 5. The molecular formula is C11H12N2O4. The molecule has 0 unspecified atom stereocenters. The van der Waals surface area contributed by atoms with E-state index in [0.717, 1.165) is 0 Å². The summed E-state index contributed by atoms with van der Waals surface area (Å²) in [5.74, 6) is -0.475. The zero-order valence-electron chi connectivity index (χ0n) is 9.23. The monoisotopic (exact) mass is 236 g/mol. The van der Waals surface area contributed by atoms with Gasteiger partial charge in [-0.1, -0.05) is 6.07 Å². The van der Waals surface area contributed by atoms with Gasteiger partial charge in [0.05, 0.1) is 6.54 Å². The number of hydrogen-bond donors (Lipinski definition) is 2. The van der Waals surface area contributed by atoms with Gasteiger partial charge in [-0.05, 0) is 12.1 Å². The molecule has 0 fully saturated rings. The molecule has 90 valence electrons. The van der Waals surface area contributed by atoms with Crippen LogP contribution in [0.3, 0.4) is 0 Å². The second kappa shape index (κ2) is 6.26. The summed E-state index contributed by atoms with van der Waals surface area (Å²) < 4.78 is 4.87. The maximum Gasteiger partial charge on any atom is 0.308 e. The van der Waals surface area contributed by atoms with Crippen molar-refractivity contribution < 1.29 is 19.1 Å². The first-order chi connectivity index (χ1) is 8.11. The third kappa shape index (κ3) is 4.78. The van der Waals surface area contributed by atoms with Gasteiger partial charge >= 0.3 is 5.97 Å². The average molecular weight is 236 g/mol. The number of carbonyl (C=O) groups is 3. The normalized spacial score (nSPS) is 9.24. The van der Waals surface area contributed by atoms with E-state index in [1.807, 2.05) is 5.32 Å². The Morgan fingerprint density at radius 1 is 1.41 bits per heavy atom. The van der Waals surface area contributed by atoms with Crippen molar-refractivity contribution in [2.24, 2.45) is 0 Å². The molecule has 1 aromatic carbocycles. The van der Waals surface area contributed by atoms with E-state index >= 15 is 0 Å². The Morgan fingerprint density at radius 2 is 2.18 bits per heavy atom. The molecule has 17 heavy (non-hydrogen) atoms. The first-order valence-electron chi connectivity index (χ1n) is 4.87. The highest BCUT2D eigenvalue weighted by atomic mass is 16.5. The van der Waals surface area contributed by atoms with Gasteiger partial charge in [0.15, 0.2) is 0 Å². The van der Waals surface area contributed by atoms with E-state index < -0.39 is 11.9 Å². The fraction of sp³-hybridized carbons (Fsp3) is 0.182.